The summed E-state index contributed by atoms with van der Waals surface area (Å²) in [5.41, 5.74) is -2.29. The summed E-state index contributed by atoms with van der Waals surface area (Å²) in [7, 11) is 0. The van der Waals surface area contributed by atoms with Gasteiger partial charge in [0.15, 0.2) is 0 Å². The summed E-state index contributed by atoms with van der Waals surface area (Å²) in [5.74, 6) is -3.23. The van der Waals surface area contributed by atoms with E-state index in [4.69, 9.17) is 16.7 Å². The molecular formula is C8H3ClF4O2. The average Bonchev–Trinajstić information content (AvgIpc) is 1.99. The Morgan fingerprint density at radius 3 is 2.20 bits per heavy atom. The van der Waals surface area contributed by atoms with Gasteiger partial charge in [-0.05, 0) is 12.1 Å². The first-order valence-corrected chi connectivity index (χ1v) is 3.91. The molecule has 0 aliphatic carbocycles. The SMILES string of the molecule is O=C(O)c1c(F)cc(C(F)(F)F)cc1Cl. The van der Waals surface area contributed by atoms with E-state index >= 15 is 0 Å². The number of hydrogen-bond acceptors (Lipinski definition) is 1. The molecule has 0 fully saturated rings. The van der Waals surface area contributed by atoms with Crippen LogP contribution in [0.5, 0.6) is 0 Å². The topological polar surface area (TPSA) is 37.3 Å². The Bertz CT molecular complexity index is 391. The molecule has 1 aromatic carbocycles. The van der Waals surface area contributed by atoms with Crippen molar-refractivity contribution in [2.75, 3.05) is 0 Å². The van der Waals surface area contributed by atoms with Crippen molar-refractivity contribution in [1.29, 1.82) is 0 Å². The fraction of sp³-hybridized carbons (Fsp3) is 0.125. The largest absolute Gasteiger partial charge is 0.478 e. The van der Waals surface area contributed by atoms with Crippen LogP contribution in [0.25, 0.3) is 0 Å². The Kier molecular flexibility index (Phi) is 2.90. The molecule has 15 heavy (non-hydrogen) atoms. The number of carbonyl (C=O) groups is 1. The molecule has 0 heterocycles. The molecule has 0 amide bonds. The van der Waals surface area contributed by atoms with E-state index in [2.05, 4.69) is 0 Å². The highest BCUT2D eigenvalue weighted by atomic mass is 35.5. The van der Waals surface area contributed by atoms with Crippen molar-refractivity contribution in [3.8, 4) is 0 Å². The lowest BCUT2D eigenvalue weighted by Gasteiger charge is -2.08. The first-order valence-electron chi connectivity index (χ1n) is 3.53. The monoisotopic (exact) mass is 242 g/mol. The van der Waals surface area contributed by atoms with Crippen LogP contribution < -0.4 is 0 Å². The molecule has 0 aliphatic heterocycles. The Labute approximate surface area is 86.1 Å². The quantitative estimate of drug-likeness (QED) is 0.768. The van der Waals surface area contributed by atoms with Gasteiger partial charge in [0.25, 0.3) is 0 Å². The summed E-state index contributed by atoms with van der Waals surface area (Å²) >= 11 is 5.21. The minimum atomic E-state index is -4.76. The number of aromatic carboxylic acids is 1. The van der Waals surface area contributed by atoms with Gasteiger partial charge in [-0.3, -0.25) is 0 Å². The zero-order valence-corrected chi connectivity index (χ0v) is 7.66. The Hall–Kier alpha value is -1.30. The zero-order valence-electron chi connectivity index (χ0n) is 6.90. The van der Waals surface area contributed by atoms with Crippen molar-refractivity contribution < 1.29 is 27.5 Å². The molecule has 0 bridgehead atoms. The van der Waals surface area contributed by atoms with E-state index in [-0.39, 0.29) is 6.07 Å². The van der Waals surface area contributed by atoms with Crippen LogP contribution >= 0.6 is 11.6 Å². The number of carboxylic acid groups (broad SMARTS) is 1. The van der Waals surface area contributed by atoms with Crippen LogP contribution in [0, 0.1) is 5.82 Å². The Morgan fingerprint density at radius 2 is 1.87 bits per heavy atom. The van der Waals surface area contributed by atoms with Gasteiger partial charge < -0.3 is 5.11 Å². The lowest BCUT2D eigenvalue weighted by atomic mass is 10.1. The first-order chi connectivity index (χ1) is 6.73. The van der Waals surface area contributed by atoms with Crippen molar-refractivity contribution >= 4 is 17.6 Å². The number of rotatable bonds is 1. The van der Waals surface area contributed by atoms with Crippen molar-refractivity contribution in [3.05, 3.63) is 34.1 Å². The van der Waals surface area contributed by atoms with Crippen LogP contribution in [-0.2, 0) is 6.18 Å². The van der Waals surface area contributed by atoms with Gasteiger partial charge in [-0.2, -0.15) is 13.2 Å². The van der Waals surface area contributed by atoms with Gasteiger partial charge in [0.2, 0.25) is 0 Å². The molecule has 0 spiro atoms. The number of alkyl halides is 3. The third-order valence-electron chi connectivity index (χ3n) is 1.58. The van der Waals surface area contributed by atoms with Crippen LogP contribution in [0.1, 0.15) is 15.9 Å². The van der Waals surface area contributed by atoms with Gasteiger partial charge in [0, 0.05) is 0 Å². The standard InChI is InChI=1S/C8H3ClF4O2/c9-4-1-3(8(11,12)13)2-5(10)6(4)7(14)15/h1-2H,(H,14,15). The van der Waals surface area contributed by atoms with Crippen LogP contribution in [0.15, 0.2) is 12.1 Å². The summed E-state index contributed by atoms with van der Waals surface area (Å²) in [6.45, 7) is 0. The Morgan fingerprint density at radius 1 is 1.33 bits per heavy atom. The van der Waals surface area contributed by atoms with Crippen molar-refractivity contribution in [2.24, 2.45) is 0 Å². The molecule has 0 saturated heterocycles. The molecule has 1 aromatic rings. The summed E-state index contributed by atoms with van der Waals surface area (Å²) in [4.78, 5) is 10.4. The van der Waals surface area contributed by atoms with E-state index in [0.717, 1.165) is 0 Å². The number of halogens is 5. The highest BCUT2D eigenvalue weighted by molar-refractivity contribution is 6.33. The van der Waals surface area contributed by atoms with Crippen molar-refractivity contribution in [2.45, 2.75) is 6.18 Å². The van der Waals surface area contributed by atoms with Crippen molar-refractivity contribution in [3.63, 3.8) is 0 Å². The molecule has 0 radical (unpaired) electrons. The highest BCUT2D eigenvalue weighted by Crippen LogP contribution is 2.33. The van der Waals surface area contributed by atoms with Gasteiger partial charge in [0.05, 0.1) is 10.6 Å². The predicted octanol–water partition coefficient (Wildman–Crippen LogP) is 3.20. The maximum Gasteiger partial charge on any atom is 0.416 e. The summed E-state index contributed by atoms with van der Waals surface area (Å²) < 4.78 is 49.3. The molecule has 7 heteroatoms. The van der Waals surface area contributed by atoms with E-state index in [1.165, 1.54) is 0 Å². The van der Waals surface area contributed by atoms with E-state index in [0.29, 0.717) is 6.07 Å². The third-order valence-corrected chi connectivity index (χ3v) is 1.88. The number of benzene rings is 1. The van der Waals surface area contributed by atoms with Gasteiger partial charge in [0.1, 0.15) is 11.4 Å². The number of carboxylic acids is 1. The minimum absolute atomic E-state index is 0.0926. The fourth-order valence-corrected chi connectivity index (χ4v) is 1.23. The molecule has 1 N–H and O–H groups in total. The fourth-order valence-electron chi connectivity index (χ4n) is 0.941. The molecule has 0 aliphatic rings. The average molecular weight is 243 g/mol. The second-order valence-corrected chi connectivity index (χ2v) is 3.03. The highest BCUT2D eigenvalue weighted by Gasteiger charge is 2.33. The van der Waals surface area contributed by atoms with Crippen LogP contribution in [-0.4, -0.2) is 11.1 Å². The smallest absolute Gasteiger partial charge is 0.416 e. The summed E-state index contributed by atoms with van der Waals surface area (Å²) in [6, 6.07) is 0.462. The maximum absolute atomic E-state index is 12.9. The second kappa shape index (κ2) is 3.69. The van der Waals surface area contributed by atoms with Gasteiger partial charge in [-0.25, -0.2) is 9.18 Å². The van der Waals surface area contributed by atoms with Gasteiger partial charge >= 0.3 is 12.1 Å². The van der Waals surface area contributed by atoms with E-state index in [1.807, 2.05) is 0 Å². The first kappa shape index (κ1) is 11.8. The third kappa shape index (κ3) is 2.38. The van der Waals surface area contributed by atoms with Crippen LogP contribution in [0.2, 0.25) is 5.02 Å². The number of hydrogen-bond donors (Lipinski definition) is 1. The second-order valence-electron chi connectivity index (χ2n) is 2.62. The zero-order chi connectivity index (χ0) is 11.8. The van der Waals surface area contributed by atoms with Gasteiger partial charge in [-0.1, -0.05) is 11.6 Å². The molecular weight excluding hydrogens is 240 g/mol. The molecule has 1 rings (SSSR count). The molecule has 0 aromatic heterocycles. The van der Waals surface area contributed by atoms with E-state index in [9.17, 15) is 22.4 Å². The van der Waals surface area contributed by atoms with Gasteiger partial charge in [-0.15, -0.1) is 0 Å². The lowest BCUT2D eigenvalue weighted by molar-refractivity contribution is -0.137. The maximum atomic E-state index is 12.9. The van der Waals surface area contributed by atoms with Crippen molar-refractivity contribution in [1.82, 2.24) is 0 Å². The molecule has 2 nitrogen and oxygen atoms in total. The molecule has 82 valence electrons. The predicted molar refractivity (Wildman–Crippen MR) is 43.4 cm³/mol. The normalized spacial score (nSPS) is 11.5. The van der Waals surface area contributed by atoms with E-state index in [1.54, 1.807) is 0 Å². The molecule has 0 unspecified atom stereocenters. The van der Waals surface area contributed by atoms with Crippen LogP contribution in [0.4, 0.5) is 17.6 Å². The lowest BCUT2D eigenvalue weighted by Crippen LogP contribution is -2.09. The minimum Gasteiger partial charge on any atom is -0.478 e. The van der Waals surface area contributed by atoms with Crippen LogP contribution in [0.3, 0.4) is 0 Å². The van der Waals surface area contributed by atoms with E-state index < -0.39 is 34.1 Å². The summed E-state index contributed by atoms with van der Waals surface area (Å²) in [6.07, 6.45) is -4.76. The molecule has 0 saturated carbocycles. The molecule has 0 atom stereocenters. The Balaban J connectivity index is 3.39. The summed E-state index contributed by atoms with van der Waals surface area (Å²) in [5, 5.41) is 7.65.